The maximum atomic E-state index is 11.9. The molecule has 0 bridgehead atoms. The summed E-state index contributed by atoms with van der Waals surface area (Å²) in [5.74, 6) is 0.235. The molecule has 1 fully saturated rings. The Balaban J connectivity index is 1.61. The lowest BCUT2D eigenvalue weighted by Gasteiger charge is -2.47. The van der Waals surface area contributed by atoms with Crippen LogP contribution in [0.2, 0.25) is 0 Å². The molecule has 5 heterocycles. The number of aryl methyl sites for hydroxylation is 1. The molecule has 1 saturated heterocycles. The molecule has 0 saturated carbocycles. The molecule has 4 aromatic rings. The Morgan fingerprint density at radius 1 is 1.25 bits per heavy atom. The maximum Gasteiger partial charge on any atom is 0.211 e. The summed E-state index contributed by atoms with van der Waals surface area (Å²) in [6.45, 7) is 0.316. The van der Waals surface area contributed by atoms with Crippen LogP contribution in [0.5, 0.6) is 0 Å². The van der Waals surface area contributed by atoms with Crippen LogP contribution < -0.4 is 5.73 Å². The molecule has 32 heavy (non-hydrogen) atoms. The van der Waals surface area contributed by atoms with E-state index in [0.717, 1.165) is 17.3 Å². The minimum Gasteiger partial charge on any atom is -0.382 e. The quantitative estimate of drug-likeness (QED) is 0.458. The van der Waals surface area contributed by atoms with Gasteiger partial charge in [0, 0.05) is 38.1 Å². The van der Waals surface area contributed by atoms with Crippen molar-refractivity contribution >= 4 is 21.4 Å². The Morgan fingerprint density at radius 2 is 2.03 bits per heavy atom. The second-order valence-corrected chi connectivity index (χ2v) is 9.98. The highest BCUT2D eigenvalue weighted by Crippen LogP contribution is 2.37. The summed E-state index contributed by atoms with van der Waals surface area (Å²) in [5.41, 5.74) is 8.89. The zero-order chi connectivity index (χ0) is 22.7. The van der Waals surface area contributed by atoms with Crippen LogP contribution in [0.25, 0.3) is 28.0 Å². The SMILES string of the molecule is Cn1cc(-c2cn3nccc3c(-c3cn(C4(CC#N)CN(S(C)(=O)=O)C4)nc3N)n2)cn1. The van der Waals surface area contributed by atoms with Crippen molar-refractivity contribution in [3.63, 3.8) is 0 Å². The second kappa shape index (κ2) is 6.87. The highest BCUT2D eigenvalue weighted by atomic mass is 32.2. The van der Waals surface area contributed by atoms with Crippen molar-refractivity contribution in [2.24, 2.45) is 7.05 Å². The van der Waals surface area contributed by atoms with Gasteiger partial charge in [-0.2, -0.15) is 24.9 Å². The summed E-state index contributed by atoms with van der Waals surface area (Å²) < 4.78 is 30.1. The van der Waals surface area contributed by atoms with Gasteiger partial charge in [0.25, 0.3) is 0 Å². The van der Waals surface area contributed by atoms with Crippen molar-refractivity contribution in [2.75, 3.05) is 25.1 Å². The molecular weight excluding hydrogens is 432 g/mol. The van der Waals surface area contributed by atoms with E-state index in [-0.39, 0.29) is 25.3 Å². The molecule has 164 valence electrons. The molecule has 0 spiro atoms. The van der Waals surface area contributed by atoms with Gasteiger partial charge in [-0.3, -0.25) is 9.36 Å². The van der Waals surface area contributed by atoms with E-state index in [4.69, 9.17) is 10.7 Å². The van der Waals surface area contributed by atoms with Crippen molar-refractivity contribution in [2.45, 2.75) is 12.0 Å². The van der Waals surface area contributed by atoms with Gasteiger partial charge < -0.3 is 5.73 Å². The van der Waals surface area contributed by atoms with Crippen LogP contribution in [-0.4, -0.2) is 66.2 Å². The normalized spacial score (nSPS) is 16.2. The summed E-state index contributed by atoms with van der Waals surface area (Å²) in [6, 6.07) is 3.97. The summed E-state index contributed by atoms with van der Waals surface area (Å²) in [6.07, 6.45) is 10.0. The molecule has 13 heteroatoms. The van der Waals surface area contributed by atoms with E-state index in [1.54, 1.807) is 32.5 Å². The Morgan fingerprint density at radius 3 is 2.69 bits per heavy atom. The Labute approximate surface area is 183 Å². The molecule has 0 radical (unpaired) electrons. The van der Waals surface area contributed by atoms with E-state index in [9.17, 15) is 13.7 Å². The van der Waals surface area contributed by atoms with Crippen LogP contribution in [0, 0.1) is 11.3 Å². The van der Waals surface area contributed by atoms with E-state index in [1.807, 2.05) is 25.5 Å². The number of hydrogen-bond donors (Lipinski definition) is 1. The Kier molecular flexibility index (Phi) is 4.33. The first kappa shape index (κ1) is 20.2. The highest BCUT2D eigenvalue weighted by molar-refractivity contribution is 7.88. The van der Waals surface area contributed by atoms with Crippen molar-refractivity contribution in [1.82, 2.24) is 38.5 Å². The first-order valence-corrected chi connectivity index (χ1v) is 11.6. The molecule has 12 nitrogen and oxygen atoms in total. The summed E-state index contributed by atoms with van der Waals surface area (Å²) in [7, 11) is -1.53. The fraction of sp³-hybridized carbons (Fsp3) is 0.316. The smallest absolute Gasteiger partial charge is 0.211 e. The van der Waals surface area contributed by atoms with E-state index >= 15 is 0 Å². The van der Waals surface area contributed by atoms with Gasteiger partial charge >= 0.3 is 0 Å². The third kappa shape index (κ3) is 3.12. The topological polar surface area (TPSA) is 153 Å². The number of nitrogen functional groups attached to an aromatic ring is 1. The summed E-state index contributed by atoms with van der Waals surface area (Å²) in [5, 5.41) is 22.4. The second-order valence-electron chi connectivity index (χ2n) is 8.00. The molecule has 0 atom stereocenters. The van der Waals surface area contributed by atoms with Crippen LogP contribution in [0.3, 0.4) is 0 Å². The molecule has 0 amide bonds. The van der Waals surface area contributed by atoms with Crippen LogP contribution in [0.15, 0.2) is 37.1 Å². The highest BCUT2D eigenvalue weighted by Gasteiger charge is 2.49. The van der Waals surface area contributed by atoms with Crippen LogP contribution >= 0.6 is 0 Å². The molecule has 0 aliphatic carbocycles. The van der Waals surface area contributed by atoms with Crippen LogP contribution in [0.1, 0.15) is 6.42 Å². The fourth-order valence-corrected chi connectivity index (χ4v) is 4.91. The van der Waals surface area contributed by atoms with Crippen molar-refractivity contribution < 1.29 is 8.42 Å². The number of rotatable bonds is 5. The molecule has 4 aromatic heterocycles. The molecule has 2 N–H and O–H groups in total. The number of nitrogens with two attached hydrogens (primary N) is 1. The first-order chi connectivity index (χ1) is 15.2. The van der Waals surface area contributed by atoms with Crippen LogP contribution in [-0.2, 0) is 22.6 Å². The number of nitriles is 1. The third-order valence-corrected chi connectivity index (χ3v) is 6.89. The minimum atomic E-state index is -3.35. The number of fused-ring (bicyclic) bond motifs is 1. The van der Waals surface area contributed by atoms with Gasteiger partial charge in [0.05, 0.1) is 54.1 Å². The average molecular weight is 453 g/mol. The van der Waals surface area contributed by atoms with Gasteiger partial charge in [-0.15, -0.1) is 0 Å². The zero-order valence-corrected chi connectivity index (χ0v) is 18.2. The molecule has 1 aliphatic rings. The average Bonchev–Trinajstić information content (AvgIpc) is 3.42. The van der Waals surface area contributed by atoms with Gasteiger partial charge in [0.2, 0.25) is 10.0 Å². The van der Waals surface area contributed by atoms with Crippen molar-refractivity contribution in [1.29, 1.82) is 5.26 Å². The van der Waals surface area contributed by atoms with Crippen LogP contribution in [0.4, 0.5) is 5.82 Å². The number of anilines is 1. The largest absolute Gasteiger partial charge is 0.382 e. The summed E-state index contributed by atoms with van der Waals surface area (Å²) in [4.78, 5) is 4.81. The van der Waals surface area contributed by atoms with Crippen molar-refractivity contribution in [3.8, 4) is 28.6 Å². The maximum absolute atomic E-state index is 11.9. The summed E-state index contributed by atoms with van der Waals surface area (Å²) >= 11 is 0. The molecule has 5 rings (SSSR count). The molecule has 1 aliphatic heterocycles. The van der Waals surface area contributed by atoms with Gasteiger partial charge in [0.1, 0.15) is 11.2 Å². The molecular formula is C19H20N10O2S. The van der Waals surface area contributed by atoms with E-state index < -0.39 is 15.6 Å². The lowest BCUT2D eigenvalue weighted by atomic mass is 9.89. The lowest BCUT2D eigenvalue weighted by molar-refractivity contribution is 0.0727. The monoisotopic (exact) mass is 452 g/mol. The number of nitrogens with zero attached hydrogens (tertiary/aromatic N) is 9. The number of aromatic nitrogens is 7. The molecule has 0 unspecified atom stereocenters. The zero-order valence-electron chi connectivity index (χ0n) is 17.4. The van der Waals surface area contributed by atoms with E-state index in [2.05, 4.69) is 21.4 Å². The van der Waals surface area contributed by atoms with Crippen molar-refractivity contribution in [3.05, 3.63) is 37.1 Å². The van der Waals surface area contributed by atoms with Gasteiger partial charge in [0.15, 0.2) is 5.82 Å². The Bertz CT molecular complexity index is 1480. The van der Waals surface area contributed by atoms with Gasteiger partial charge in [-0.05, 0) is 6.07 Å². The lowest BCUT2D eigenvalue weighted by Crippen LogP contribution is -2.63. The molecule has 0 aromatic carbocycles. The number of sulfonamides is 1. The van der Waals surface area contributed by atoms with Gasteiger partial charge in [-0.1, -0.05) is 0 Å². The third-order valence-electron chi connectivity index (χ3n) is 5.69. The predicted octanol–water partition coefficient (Wildman–Crippen LogP) is 0.460. The predicted molar refractivity (Wildman–Crippen MR) is 115 cm³/mol. The standard InChI is InChI=1S/C19H20N10O2S/c1-26-8-13(7-23-26)15-10-28-16(3-6-22-28)17(24-15)14-9-29(25-18(14)21)19(4-5-20)11-27(12-19)32(2,30)31/h3,6-10H,4,11-12H2,1-2H3,(H2,21,25). The van der Waals surface area contributed by atoms with E-state index in [0.29, 0.717) is 17.0 Å². The van der Waals surface area contributed by atoms with E-state index in [1.165, 1.54) is 4.31 Å². The first-order valence-electron chi connectivity index (χ1n) is 9.72. The Hall–Kier alpha value is -3.76. The minimum absolute atomic E-state index is 0.102. The fourth-order valence-electron chi connectivity index (χ4n) is 3.96. The van der Waals surface area contributed by atoms with Gasteiger partial charge in [-0.25, -0.2) is 17.9 Å². The number of hydrogen-bond acceptors (Lipinski definition) is 8.